The minimum atomic E-state index is 0.727. The van der Waals surface area contributed by atoms with E-state index < -0.39 is 0 Å². The third kappa shape index (κ3) is 4.40. The van der Waals surface area contributed by atoms with Gasteiger partial charge in [0.05, 0.1) is 15.9 Å². The van der Waals surface area contributed by atoms with Gasteiger partial charge in [-0.1, -0.05) is 158 Å². The van der Waals surface area contributed by atoms with E-state index in [1.54, 1.807) is 11.3 Å². The van der Waals surface area contributed by atoms with Crippen LogP contribution in [0.1, 0.15) is 0 Å². The van der Waals surface area contributed by atoms with Crippen LogP contribution in [0.5, 0.6) is 0 Å². The SMILES string of the molecule is c1ccc(-c2nc(-c3cc(-c4ccccc4)c4c5ccccc5c5ccccc5c4c3-c3ccccc3)nc3c2sc2ccccc23)cc1. The summed E-state index contributed by atoms with van der Waals surface area (Å²) in [5.41, 5.74) is 8.69. The van der Waals surface area contributed by atoms with E-state index in [4.69, 9.17) is 9.97 Å². The molecule has 0 bridgehead atoms. The number of hydrogen-bond acceptors (Lipinski definition) is 3. The van der Waals surface area contributed by atoms with Crippen LogP contribution in [-0.2, 0) is 0 Å². The number of hydrogen-bond donors (Lipinski definition) is 0. The first-order valence-electron chi connectivity index (χ1n) is 16.6. The molecular formula is C46H28N2S. The Labute approximate surface area is 287 Å². The molecule has 0 atom stereocenters. The molecule has 2 nitrogen and oxygen atoms in total. The highest BCUT2D eigenvalue weighted by molar-refractivity contribution is 7.26. The van der Waals surface area contributed by atoms with Crippen molar-refractivity contribution in [3.8, 4) is 44.9 Å². The van der Waals surface area contributed by atoms with Crippen LogP contribution in [0.15, 0.2) is 170 Å². The van der Waals surface area contributed by atoms with E-state index in [1.807, 2.05) is 0 Å². The molecule has 0 radical (unpaired) electrons. The van der Waals surface area contributed by atoms with E-state index in [-0.39, 0.29) is 0 Å². The third-order valence-electron chi connectivity index (χ3n) is 9.67. The number of nitrogens with zero attached hydrogens (tertiary/aromatic N) is 2. The van der Waals surface area contributed by atoms with Crippen LogP contribution < -0.4 is 0 Å². The minimum absolute atomic E-state index is 0.727. The normalized spacial score (nSPS) is 11.7. The molecule has 8 aromatic carbocycles. The summed E-state index contributed by atoms with van der Waals surface area (Å²) in [6.07, 6.45) is 0. The second-order valence-electron chi connectivity index (χ2n) is 12.5. The molecular weight excluding hydrogens is 613 g/mol. The molecule has 0 spiro atoms. The van der Waals surface area contributed by atoms with E-state index in [1.165, 1.54) is 48.1 Å². The van der Waals surface area contributed by atoms with Gasteiger partial charge < -0.3 is 0 Å². The molecule has 0 aliphatic rings. The number of thiophene rings is 1. The van der Waals surface area contributed by atoms with Crippen molar-refractivity contribution in [3.05, 3.63) is 170 Å². The van der Waals surface area contributed by atoms with Gasteiger partial charge >= 0.3 is 0 Å². The van der Waals surface area contributed by atoms with Crippen molar-refractivity contribution in [2.75, 3.05) is 0 Å². The lowest BCUT2D eigenvalue weighted by Gasteiger charge is -2.21. The molecule has 2 heterocycles. The highest BCUT2D eigenvalue weighted by Crippen LogP contribution is 2.49. The van der Waals surface area contributed by atoms with Crippen LogP contribution in [0, 0.1) is 0 Å². The van der Waals surface area contributed by atoms with Gasteiger partial charge in [-0.25, -0.2) is 9.97 Å². The molecule has 0 aliphatic heterocycles. The van der Waals surface area contributed by atoms with E-state index >= 15 is 0 Å². The predicted octanol–water partition coefficient (Wildman–Crippen LogP) is 13.0. The number of rotatable bonds is 4. The van der Waals surface area contributed by atoms with Gasteiger partial charge in [0.25, 0.3) is 0 Å². The van der Waals surface area contributed by atoms with Crippen molar-refractivity contribution in [2.24, 2.45) is 0 Å². The highest BCUT2D eigenvalue weighted by atomic mass is 32.1. The first kappa shape index (κ1) is 27.9. The molecule has 228 valence electrons. The largest absolute Gasteiger partial charge is 0.226 e. The zero-order valence-electron chi connectivity index (χ0n) is 26.5. The van der Waals surface area contributed by atoms with Crippen molar-refractivity contribution in [2.45, 2.75) is 0 Å². The van der Waals surface area contributed by atoms with E-state index in [2.05, 4.69) is 170 Å². The van der Waals surface area contributed by atoms with Gasteiger partial charge in [0, 0.05) is 26.8 Å². The van der Waals surface area contributed by atoms with E-state index in [0.717, 1.165) is 49.4 Å². The topological polar surface area (TPSA) is 25.8 Å². The smallest absolute Gasteiger partial charge is 0.161 e. The standard InChI is InChI=1S/C46H28N2S/c1-4-16-29(17-5-1)37-28-38(46-47-43(31-20-8-3-9-21-31)45-44(48-46)36-26-14-15-27-39(36)49-45)40(30-18-6-2-7-19-30)42-35-25-13-11-23-33(35)32-22-10-12-24-34(32)41(37)42/h1-28H. The molecule has 0 unspecified atom stereocenters. The molecule has 0 amide bonds. The maximum absolute atomic E-state index is 5.51. The Morgan fingerprint density at radius 2 is 0.898 bits per heavy atom. The molecule has 10 rings (SSSR count). The summed E-state index contributed by atoms with van der Waals surface area (Å²) in [5, 5.41) is 8.58. The minimum Gasteiger partial charge on any atom is -0.226 e. The lowest BCUT2D eigenvalue weighted by atomic mass is 9.82. The first-order chi connectivity index (χ1) is 24.3. The molecule has 49 heavy (non-hydrogen) atoms. The Bertz CT molecular complexity index is 2860. The zero-order valence-corrected chi connectivity index (χ0v) is 27.3. The van der Waals surface area contributed by atoms with Gasteiger partial charge in [0.2, 0.25) is 0 Å². The Hall–Kier alpha value is -6.16. The van der Waals surface area contributed by atoms with Gasteiger partial charge in [0.15, 0.2) is 5.82 Å². The lowest BCUT2D eigenvalue weighted by Crippen LogP contribution is -1.99. The fourth-order valence-corrected chi connectivity index (χ4v) is 8.69. The quantitative estimate of drug-likeness (QED) is 0.179. The first-order valence-corrected chi connectivity index (χ1v) is 17.4. The van der Waals surface area contributed by atoms with Crippen molar-refractivity contribution in [3.63, 3.8) is 0 Å². The predicted molar refractivity (Wildman–Crippen MR) is 209 cm³/mol. The summed E-state index contributed by atoms with van der Waals surface area (Å²) < 4.78 is 2.32. The Balaban J connectivity index is 1.46. The van der Waals surface area contributed by atoms with Gasteiger partial charge in [-0.2, -0.15) is 0 Å². The van der Waals surface area contributed by atoms with Gasteiger partial charge in [-0.05, 0) is 61.1 Å². The molecule has 10 aromatic rings. The summed E-state index contributed by atoms with van der Waals surface area (Å²) in [5.74, 6) is 0.727. The molecule has 0 saturated carbocycles. The van der Waals surface area contributed by atoms with Crippen LogP contribution in [0.2, 0.25) is 0 Å². The molecule has 3 heteroatoms. The Morgan fingerprint density at radius 1 is 0.388 bits per heavy atom. The maximum atomic E-state index is 5.51. The molecule has 0 aliphatic carbocycles. The van der Waals surface area contributed by atoms with Crippen LogP contribution in [0.25, 0.3) is 97.5 Å². The third-order valence-corrected chi connectivity index (χ3v) is 10.8. The summed E-state index contributed by atoms with van der Waals surface area (Å²) in [7, 11) is 0. The summed E-state index contributed by atoms with van der Waals surface area (Å²) in [6.45, 7) is 0. The number of benzene rings is 8. The fourth-order valence-electron chi connectivity index (χ4n) is 7.53. The fraction of sp³-hybridized carbons (Fsp3) is 0. The van der Waals surface area contributed by atoms with Crippen molar-refractivity contribution >= 4 is 64.0 Å². The summed E-state index contributed by atoms with van der Waals surface area (Å²) >= 11 is 1.77. The van der Waals surface area contributed by atoms with Crippen molar-refractivity contribution in [1.29, 1.82) is 0 Å². The molecule has 0 saturated heterocycles. The van der Waals surface area contributed by atoms with Crippen LogP contribution in [0.3, 0.4) is 0 Å². The van der Waals surface area contributed by atoms with E-state index in [0.29, 0.717) is 0 Å². The van der Waals surface area contributed by atoms with Crippen LogP contribution in [-0.4, -0.2) is 9.97 Å². The second-order valence-corrected chi connectivity index (χ2v) is 13.5. The average Bonchev–Trinajstić information content (AvgIpc) is 3.56. The van der Waals surface area contributed by atoms with Crippen molar-refractivity contribution in [1.82, 2.24) is 9.97 Å². The maximum Gasteiger partial charge on any atom is 0.161 e. The average molecular weight is 641 g/mol. The Morgan fingerprint density at radius 3 is 1.55 bits per heavy atom. The number of aromatic nitrogens is 2. The number of fused-ring (bicyclic) bond motifs is 9. The zero-order chi connectivity index (χ0) is 32.3. The van der Waals surface area contributed by atoms with Crippen LogP contribution in [0.4, 0.5) is 0 Å². The Kier molecular flexibility index (Phi) is 6.39. The van der Waals surface area contributed by atoms with Gasteiger partial charge in [-0.3, -0.25) is 0 Å². The highest BCUT2D eigenvalue weighted by Gasteiger charge is 2.24. The summed E-state index contributed by atoms with van der Waals surface area (Å²) in [6, 6.07) is 60.8. The molecule has 2 aromatic heterocycles. The van der Waals surface area contributed by atoms with Gasteiger partial charge in [-0.15, -0.1) is 11.3 Å². The van der Waals surface area contributed by atoms with Crippen molar-refractivity contribution < 1.29 is 0 Å². The second kappa shape index (κ2) is 11.2. The lowest BCUT2D eigenvalue weighted by molar-refractivity contribution is 1.24. The van der Waals surface area contributed by atoms with E-state index in [9.17, 15) is 0 Å². The van der Waals surface area contributed by atoms with Gasteiger partial charge in [0.1, 0.15) is 0 Å². The molecule has 0 fully saturated rings. The molecule has 0 N–H and O–H groups in total. The van der Waals surface area contributed by atoms with Crippen LogP contribution >= 0.6 is 11.3 Å². The monoisotopic (exact) mass is 640 g/mol. The summed E-state index contributed by atoms with van der Waals surface area (Å²) in [4.78, 5) is 11.0.